The normalized spacial score (nSPS) is 12.9. The Hall–Kier alpha value is -2.31. The number of rotatable bonds is 4. The van der Waals surface area contributed by atoms with Gasteiger partial charge in [0.15, 0.2) is 0 Å². The Morgan fingerprint density at radius 2 is 1.95 bits per heavy atom. The van der Waals surface area contributed by atoms with Gasteiger partial charge < -0.3 is 19.2 Å². The second-order valence-electron chi connectivity index (χ2n) is 4.87. The highest BCUT2D eigenvalue weighted by atomic mass is 16.5. The Kier molecular flexibility index (Phi) is 4.13. The Morgan fingerprint density at radius 3 is 2.68 bits per heavy atom. The summed E-state index contributed by atoms with van der Waals surface area (Å²) in [5, 5.41) is 9.58. The van der Waals surface area contributed by atoms with Crippen LogP contribution in [0.4, 0.5) is 0 Å². The van der Waals surface area contributed by atoms with Crippen LogP contribution in [-0.2, 0) is 16.0 Å². The second kappa shape index (κ2) is 6.21. The third kappa shape index (κ3) is 2.98. The van der Waals surface area contributed by atoms with Gasteiger partial charge in [-0.25, -0.2) is 4.79 Å². The molecule has 1 heterocycles. The molecular weight excluding hydrogens is 283 g/mol. The highest BCUT2D eigenvalue weighted by molar-refractivity contribution is 6.61. The van der Waals surface area contributed by atoms with Crippen molar-refractivity contribution in [1.29, 1.82) is 0 Å². The summed E-state index contributed by atoms with van der Waals surface area (Å²) in [5.74, 6) is 0.922. The van der Waals surface area contributed by atoms with E-state index in [4.69, 9.17) is 14.1 Å². The van der Waals surface area contributed by atoms with Crippen LogP contribution in [0.15, 0.2) is 42.5 Å². The molecular formula is C16H15BO5. The van der Waals surface area contributed by atoms with Crippen LogP contribution in [0.25, 0.3) is 0 Å². The summed E-state index contributed by atoms with van der Waals surface area (Å²) in [4.78, 5) is 11.6. The van der Waals surface area contributed by atoms with E-state index in [0.717, 1.165) is 11.0 Å². The molecule has 22 heavy (non-hydrogen) atoms. The molecule has 0 aromatic heterocycles. The largest absolute Gasteiger partial charge is 0.491 e. The molecule has 1 N–H and O–H groups in total. The molecule has 0 bridgehead atoms. The molecule has 0 aliphatic carbocycles. The monoisotopic (exact) mass is 298 g/mol. The van der Waals surface area contributed by atoms with E-state index in [1.807, 2.05) is 6.07 Å². The van der Waals surface area contributed by atoms with E-state index in [9.17, 15) is 9.82 Å². The topological polar surface area (TPSA) is 65.0 Å². The second-order valence-corrected chi connectivity index (χ2v) is 4.87. The van der Waals surface area contributed by atoms with Crippen molar-refractivity contribution in [1.82, 2.24) is 0 Å². The van der Waals surface area contributed by atoms with Gasteiger partial charge in [-0.15, -0.1) is 0 Å². The number of hydrogen-bond donors (Lipinski definition) is 1. The SMILES string of the molecule is CCOC(=O)c1ccc(Oc2ccc3c(c2)COB3O)cc1. The molecule has 0 radical (unpaired) electrons. The molecule has 0 fully saturated rings. The minimum atomic E-state index is -0.854. The van der Waals surface area contributed by atoms with Crippen molar-refractivity contribution in [3.63, 3.8) is 0 Å². The van der Waals surface area contributed by atoms with Gasteiger partial charge in [-0.05, 0) is 54.3 Å². The molecule has 2 aromatic carbocycles. The summed E-state index contributed by atoms with van der Waals surface area (Å²) >= 11 is 0. The first-order valence-electron chi connectivity index (χ1n) is 7.05. The molecule has 2 aromatic rings. The predicted octanol–water partition coefficient (Wildman–Crippen LogP) is 1.87. The molecule has 0 saturated carbocycles. The number of esters is 1. The predicted molar refractivity (Wildman–Crippen MR) is 81.3 cm³/mol. The Bertz CT molecular complexity index is 683. The minimum Gasteiger partial charge on any atom is -0.462 e. The summed E-state index contributed by atoms with van der Waals surface area (Å²) in [6.45, 7) is 2.49. The zero-order chi connectivity index (χ0) is 15.5. The van der Waals surface area contributed by atoms with Crippen LogP contribution in [0.1, 0.15) is 22.8 Å². The lowest BCUT2D eigenvalue weighted by atomic mass is 9.80. The maximum absolute atomic E-state index is 11.6. The molecule has 1 aliphatic heterocycles. The Labute approximate surface area is 128 Å². The molecule has 0 atom stereocenters. The number of hydrogen-bond acceptors (Lipinski definition) is 5. The number of fused-ring (bicyclic) bond motifs is 1. The van der Waals surface area contributed by atoms with E-state index in [1.54, 1.807) is 43.3 Å². The minimum absolute atomic E-state index is 0.347. The van der Waals surface area contributed by atoms with Crippen molar-refractivity contribution in [2.45, 2.75) is 13.5 Å². The lowest BCUT2D eigenvalue weighted by molar-refractivity contribution is 0.0526. The maximum atomic E-state index is 11.6. The van der Waals surface area contributed by atoms with Gasteiger partial charge in [-0.2, -0.15) is 0 Å². The lowest BCUT2D eigenvalue weighted by Gasteiger charge is -2.08. The van der Waals surface area contributed by atoms with Crippen LogP contribution in [0.3, 0.4) is 0 Å². The summed E-state index contributed by atoms with van der Waals surface area (Å²) in [7, 11) is -0.854. The number of carbonyl (C=O) groups excluding carboxylic acids is 1. The standard InChI is InChI=1S/C16H15BO5/c1-2-20-16(18)11-3-5-13(6-4-11)22-14-7-8-15-12(9-14)10-21-17(15)19/h3-9,19H,2,10H2,1H3. The lowest BCUT2D eigenvalue weighted by Crippen LogP contribution is -2.27. The summed E-state index contributed by atoms with van der Waals surface area (Å²) in [6.07, 6.45) is 0. The summed E-state index contributed by atoms with van der Waals surface area (Å²) < 4.78 is 15.8. The number of carbonyl (C=O) groups is 1. The fourth-order valence-electron chi connectivity index (χ4n) is 2.28. The highest BCUT2D eigenvalue weighted by Gasteiger charge is 2.27. The van der Waals surface area contributed by atoms with Crippen molar-refractivity contribution in [3.05, 3.63) is 53.6 Å². The van der Waals surface area contributed by atoms with Gasteiger partial charge in [0.1, 0.15) is 11.5 Å². The molecule has 112 valence electrons. The van der Waals surface area contributed by atoms with Crippen molar-refractivity contribution in [3.8, 4) is 11.5 Å². The molecule has 0 saturated heterocycles. The van der Waals surface area contributed by atoms with E-state index in [2.05, 4.69) is 0 Å². The average Bonchev–Trinajstić information content (AvgIpc) is 2.89. The molecule has 0 amide bonds. The van der Waals surface area contributed by atoms with Gasteiger partial charge in [0.2, 0.25) is 0 Å². The first-order chi connectivity index (χ1) is 10.7. The van der Waals surface area contributed by atoms with Crippen molar-refractivity contribution in [2.75, 3.05) is 6.61 Å². The van der Waals surface area contributed by atoms with Crippen LogP contribution in [0, 0.1) is 0 Å². The molecule has 3 rings (SSSR count). The van der Waals surface area contributed by atoms with E-state index in [0.29, 0.717) is 30.3 Å². The van der Waals surface area contributed by atoms with Crippen LogP contribution < -0.4 is 10.2 Å². The van der Waals surface area contributed by atoms with Crippen molar-refractivity contribution >= 4 is 18.6 Å². The van der Waals surface area contributed by atoms with Crippen LogP contribution in [0.2, 0.25) is 0 Å². The zero-order valence-electron chi connectivity index (χ0n) is 12.1. The number of ether oxygens (including phenoxy) is 2. The fourth-order valence-corrected chi connectivity index (χ4v) is 2.28. The first-order valence-corrected chi connectivity index (χ1v) is 7.05. The van der Waals surface area contributed by atoms with Crippen LogP contribution in [0.5, 0.6) is 11.5 Å². The molecule has 0 unspecified atom stereocenters. The van der Waals surface area contributed by atoms with Gasteiger partial charge in [-0.1, -0.05) is 6.07 Å². The zero-order valence-corrected chi connectivity index (χ0v) is 12.1. The maximum Gasteiger partial charge on any atom is 0.491 e. The van der Waals surface area contributed by atoms with E-state index in [-0.39, 0.29) is 5.97 Å². The quantitative estimate of drug-likeness (QED) is 0.689. The van der Waals surface area contributed by atoms with Crippen molar-refractivity contribution in [2.24, 2.45) is 0 Å². The smallest absolute Gasteiger partial charge is 0.462 e. The fraction of sp³-hybridized carbons (Fsp3) is 0.188. The summed E-state index contributed by atoms with van der Waals surface area (Å²) in [6, 6.07) is 12.1. The third-order valence-corrected chi connectivity index (χ3v) is 3.38. The van der Waals surface area contributed by atoms with Crippen LogP contribution >= 0.6 is 0 Å². The van der Waals surface area contributed by atoms with Gasteiger partial charge >= 0.3 is 13.1 Å². The highest BCUT2D eigenvalue weighted by Crippen LogP contribution is 2.24. The van der Waals surface area contributed by atoms with E-state index < -0.39 is 7.12 Å². The molecule has 6 heteroatoms. The molecule has 5 nitrogen and oxygen atoms in total. The van der Waals surface area contributed by atoms with Gasteiger partial charge in [0.25, 0.3) is 0 Å². The third-order valence-electron chi connectivity index (χ3n) is 3.38. The Balaban J connectivity index is 1.72. The van der Waals surface area contributed by atoms with Crippen molar-refractivity contribution < 1.29 is 23.9 Å². The van der Waals surface area contributed by atoms with E-state index in [1.165, 1.54) is 0 Å². The first kappa shape index (κ1) is 14.6. The summed E-state index contributed by atoms with van der Waals surface area (Å²) in [5.41, 5.74) is 2.16. The average molecular weight is 298 g/mol. The van der Waals surface area contributed by atoms with Crippen LogP contribution in [-0.4, -0.2) is 24.7 Å². The van der Waals surface area contributed by atoms with E-state index >= 15 is 0 Å². The van der Waals surface area contributed by atoms with Gasteiger partial charge in [-0.3, -0.25) is 0 Å². The Morgan fingerprint density at radius 1 is 1.23 bits per heavy atom. The van der Waals surface area contributed by atoms with Gasteiger partial charge in [0, 0.05) is 0 Å². The molecule has 1 aliphatic rings. The van der Waals surface area contributed by atoms with Gasteiger partial charge in [0.05, 0.1) is 18.8 Å². The number of benzene rings is 2. The molecule has 0 spiro atoms.